The maximum absolute atomic E-state index is 11.3. The number of ether oxygens (including phenoxy) is 5. The van der Waals surface area contributed by atoms with E-state index in [1.807, 2.05) is 0 Å². The first-order valence-electron chi connectivity index (χ1n) is 7.21. The lowest BCUT2D eigenvalue weighted by molar-refractivity contribution is -0.174. The van der Waals surface area contributed by atoms with Crippen LogP contribution in [0.1, 0.15) is 27.7 Å². The third-order valence-corrected chi connectivity index (χ3v) is 2.97. The van der Waals surface area contributed by atoms with Crippen LogP contribution < -0.4 is 0 Å². The van der Waals surface area contributed by atoms with Crippen molar-refractivity contribution in [2.75, 3.05) is 13.2 Å². The van der Waals surface area contributed by atoms with Crippen LogP contribution >= 0.6 is 0 Å². The van der Waals surface area contributed by atoms with Gasteiger partial charge in [-0.25, -0.2) is 0 Å². The monoisotopic (exact) mass is 330 g/mol. The Labute approximate surface area is 134 Å². The summed E-state index contributed by atoms with van der Waals surface area (Å²) in [6.45, 7) is 5.44. The fourth-order valence-corrected chi connectivity index (χ4v) is 2.17. The number of carbonyl (C=O) groups is 3. The average Bonchev–Trinajstić information content (AvgIpc) is 2.82. The second-order valence-corrected chi connectivity index (χ2v) is 4.97. The molecule has 0 aliphatic carbocycles. The molecule has 0 aromatic rings. The third kappa shape index (κ3) is 6.27. The minimum atomic E-state index is -0.903. The molecule has 1 fully saturated rings. The van der Waals surface area contributed by atoms with Crippen LogP contribution in [0.2, 0.25) is 0 Å². The topological polar surface area (TPSA) is 97.4 Å². The molecule has 0 radical (unpaired) electrons. The molecule has 23 heavy (non-hydrogen) atoms. The average molecular weight is 330 g/mol. The molecule has 0 amide bonds. The third-order valence-electron chi connectivity index (χ3n) is 2.97. The molecule has 0 spiro atoms. The van der Waals surface area contributed by atoms with Crippen molar-refractivity contribution in [1.82, 2.24) is 0 Å². The van der Waals surface area contributed by atoms with Crippen molar-refractivity contribution < 1.29 is 38.1 Å². The summed E-state index contributed by atoms with van der Waals surface area (Å²) in [5.74, 6) is -1.61. The molecule has 130 valence electrons. The van der Waals surface area contributed by atoms with E-state index in [0.29, 0.717) is 0 Å². The lowest BCUT2D eigenvalue weighted by Crippen LogP contribution is -2.46. The van der Waals surface area contributed by atoms with Crippen molar-refractivity contribution >= 4 is 17.9 Å². The van der Waals surface area contributed by atoms with Gasteiger partial charge in [-0.1, -0.05) is 6.08 Å². The van der Waals surface area contributed by atoms with Gasteiger partial charge in [0.05, 0.1) is 12.9 Å². The zero-order valence-electron chi connectivity index (χ0n) is 13.6. The predicted octanol–water partition coefficient (Wildman–Crippen LogP) is 0.730. The first-order chi connectivity index (χ1) is 10.8. The molecule has 0 N–H and O–H groups in total. The number of allylic oxidation sites excluding steroid dienone is 1. The van der Waals surface area contributed by atoms with Crippen LogP contribution in [0.5, 0.6) is 0 Å². The van der Waals surface area contributed by atoms with E-state index in [-0.39, 0.29) is 13.2 Å². The molecular formula is C15H22O8. The van der Waals surface area contributed by atoms with Gasteiger partial charge in [0, 0.05) is 20.8 Å². The molecule has 1 heterocycles. The zero-order chi connectivity index (χ0) is 17.4. The summed E-state index contributed by atoms with van der Waals surface area (Å²) >= 11 is 0. The van der Waals surface area contributed by atoms with Crippen LogP contribution in [-0.4, -0.2) is 55.5 Å². The van der Waals surface area contributed by atoms with Gasteiger partial charge in [-0.15, -0.1) is 0 Å². The maximum Gasteiger partial charge on any atom is 0.303 e. The fourth-order valence-electron chi connectivity index (χ4n) is 2.17. The van der Waals surface area contributed by atoms with Gasteiger partial charge in [-0.05, 0) is 6.92 Å². The smallest absolute Gasteiger partial charge is 0.303 e. The van der Waals surface area contributed by atoms with Gasteiger partial charge in [-0.3, -0.25) is 14.4 Å². The second-order valence-electron chi connectivity index (χ2n) is 4.97. The highest BCUT2D eigenvalue weighted by molar-refractivity contribution is 5.67. The van der Waals surface area contributed by atoms with Crippen LogP contribution in [0.4, 0.5) is 0 Å². The van der Waals surface area contributed by atoms with Crippen LogP contribution in [0, 0.1) is 0 Å². The Kier molecular flexibility index (Phi) is 7.53. The van der Waals surface area contributed by atoms with Crippen LogP contribution in [0.3, 0.4) is 0 Å². The van der Waals surface area contributed by atoms with Gasteiger partial charge >= 0.3 is 17.9 Å². The van der Waals surface area contributed by atoms with E-state index < -0.39 is 42.3 Å². The molecule has 1 rings (SSSR count). The van der Waals surface area contributed by atoms with Gasteiger partial charge in [0.15, 0.2) is 18.3 Å². The quantitative estimate of drug-likeness (QED) is 0.383. The first kappa shape index (κ1) is 19.0. The number of carbonyl (C=O) groups excluding carboxylic acids is 3. The van der Waals surface area contributed by atoms with E-state index in [2.05, 4.69) is 0 Å². The molecule has 1 aliphatic rings. The molecule has 8 heteroatoms. The first-order valence-corrected chi connectivity index (χ1v) is 7.21. The summed E-state index contributed by atoms with van der Waals surface area (Å²) in [5, 5.41) is 0. The van der Waals surface area contributed by atoms with E-state index in [9.17, 15) is 14.4 Å². The maximum atomic E-state index is 11.3. The molecule has 0 aromatic heterocycles. The molecule has 4 atom stereocenters. The van der Waals surface area contributed by atoms with Crippen molar-refractivity contribution in [3.63, 3.8) is 0 Å². The zero-order valence-corrected chi connectivity index (χ0v) is 13.6. The predicted molar refractivity (Wildman–Crippen MR) is 77.2 cm³/mol. The Morgan fingerprint density at radius 3 is 2.39 bits per heavy atom. The van der Waals surface area contributed by atoms with Crippen LogP contribution in [0.25, 0.3) is 0 Å². The van der Waals surface area contributed by atoms with Gasteiger partial charge in [0.1, 0.15) is 12.7 Å². The lowest BCUT2D eigenvalue weighted by Gasteiger charge is -2.27. The minimum Gasteiger partial charge on any atom is -0.492 e. The summed E-state index contributed by atoms with van der Waals surface area (Å²) in [7, 11) is 0. The Morgan fingerprint density at radius 2 is 1.87 bits per heavy atom. The van der Waals surface area contributed by atoms with Gasteiger partial charge in [0.25, 0.3) is 0 Å². The molecule has 1 aliphatic heterocycles. The SMILES string of the molecule is C/C=C/O[C@H]1CO[C@H]([C@@H](COC(C)=O)OC(C)=O)[C@@H]1OC(C)=O. The largest absolute Gasteiger partial charge is 0.492 e. The summed E-state index contributed by atoms with van der Waals surface area (Å²) in [5.41, 5.74) is 0. The standard InChI is InChI=1S/C15H22O8/c1-5-6-19-12-7-21-14(15(12)23-11(4)18)13(22-10(3)17)8-20-9(2)16/h5-6,12-15H,7-8H2,1-4H3/b6-5+/t12-,13+,14+,15+/m0/s1. The van der Waals surface area contributed by atoms with E-state index >= 15 is 0 Å². The summed E-state index contributed by atoms with van der Waals surface area (Å²) in [4.78, 5) is 33.6. The molecule has 8 nitrogen and oxygen atoms in total. The van der Waals surface area contributed by atoms with Crippen molar-refractivity contribution in [2.24, 2.45) is 0 Å². The highest BCUT2D eigenvalue weighted by Gasteiger charge is 2.47. The van der Waals surface area contributed by atoms with Crippen molar-refractivity contribution in [3.05, 3.63) is 12.3 Å². The number of hydrogen-bond acceptors (Lipinski definition) is 8. The molecule has 0 saturated carbocycles. The number of rotatable bonds is 7. The van der Waals surface area contributed by atoms with Gasteiger partial charge in [-0.2, -0.15) is 0 Å². The molecule has 1 saturated heterocycles. The van der Waals surface area contributed by atoms with E-state index in [4.69, 9.17) is 23.7 Å². The Bertz CT molecular complexity index is 458. The summed E-state index contributed by atoms with van der Waals surface area (Å²) in [6, 6.07) is 0. The fraction of sp³-hybridized carbons (Fsp3) is 0.667. The van der Waals surface area contributed by atoms with Crippen LogP contribution in [-0.2, 0) is 38.1 Å². The van der Waals surface area contributed by atoms with E-state index in [1.54, 1.807) is 13.0 Å². The minimum absolute atomic E-state index is 0.144. The van der Waals surface area contributed by atoms with Crippen molar-refractivity contribution in [2.45, 2.75) is 52.1 Å². The van der Waals surface area contributed by atoms with Gasteiger partial charge < -0.3 is 23.7 Å². The van der Waals surface area contributed by atoms with Gasteiger partial charge in [0.2, 0.25) is 0 Å². The van der Waals surface area contributed by atoms with Crippen molar-refractivity contribution in [1.29, 1.82) is 0 Å². The van der Waals surface area contributed by atoms with E-state index in [1.165, 1.54) is 27.0 Å². The number of esters is 3. The Morgan fingerprint density at radius 1 is 1.17 bits per heavy atom. The lowest BCUT2D eigenvalue weighted by atomic mass is 10.1. The second kappa shape index (κ2) is 9.14. The van der Waals surface area contributed by atoms with Crippen molar-refractivity contribution in [3.8, 4) is 0 Å². The van der Waals surface area contributed by atoms with Crippen LogP contribution in [0.15, 0.2) is 12.3 Å². The van der Waals surface area contributed by atoms with E-state index in [0.717, 1.165) is 0 Å². The highest BCUT2D eigenvalue weighted by Crippen LogP contribution is 2.25. The molecule has 0 unspecified atom stereocenters. The molecule has 0 aromatic carbocycles. The highest BCUT2D eigenvalue weighted by atomic mass is 16.6. The normalized spacial score (nSPS) is 25.0. The summed E-state index contributed by atoms with van der Waals surface area (Å²) < 4.78 is 26.3. The summed E-state index contributed by atoms with van der Waals surface area (Å²) in [6.07, 6.45) is 0.108. The Hall–Kier alpha value is -2.09. The molecule has 0 bridgehead atoms. The Balaban J connectivity index is 2.89. The number of hydrogen-bond donors (Lipinski definition) is 0. The molecular weight excluding hydrogens is 308 g/mol.